The standard InChI is InChI=1S/C13H17ClN2O/c14-10-2-1-3-11(13(10)15)16-6-8-4-5-12(17)9(8)7-16/h1-3,8-9,12,17H,4-7,15H2. The molecule has 1 aromatic rings. The Kier molecular flexibility index (Phi) is 2.68. The van der Waals surface area contributed by atoms with E-state index >= 15 is 0 Å². The molecule has 0 radical (unpaired) electrons. The minimum absolute atomic E-state index is 0.134. The first kappa shape index (κ1) is 11.2. The van der Waals surface area contributed by atoms with Crippen molar-refractivity contribution in [2.45, 2.75) is 18.9 Å². The summed E-state index contributed by atoms with van der Waals surface area (Å²) < 4.78 is 0. The molecule has 3 rings (SSSR count). The average molecular weight is 253 g/mol. The molecule has 3 N–H and O–H groups in total. The summed E-state index contributed by atoms with van der Waals surface area (Å²) in [7, 11) is 0. The quantitative estimate of drug-likeness (QED) is 0.753. The molecule has 3 unspecified atom stereocenters. The van der Waals surface area contributed by atoms with Crippen LogP contribution < -0.4 is 10.6 Å². The van der Waals surface area contributed by atoms with E-state index in [-0.39, 0.29) is 6.10 Å². The molecule has 1 aromatic carbocycles. The van der Waals surface area contributed by atoms with Gasteiger partial charge in [-0.15, -0.1) is 0 Å². The third kappa shape index (κ3) is 1.78. The molecule has 0 bridgehead atoms. The van der Waals surface area contributed by atoms with Crippen LogP contribution >= 0.6 is 11.6 Å². The molecule has 1 aliphatic carbocycles. The van der Waals surface area contributed by atoms with Gasteiger partial charge in [0.15, 0.2) is 0 Å². The van der Waals surface area contributed by atoms with Crippen LogP contribution in [0.25, 0.3) is 0 Å². The number of para-hydroxylation sites is 1. The zero-order valence-electron chi connectivity index (χ0n) is 9.64. The lowest BCUT2D eigenvalue weighted by molar-refractivity contribution is 0.133. The smallest absolute Gasteiger partial charge is 0.0741 e. The van der Waals surface area contributed by atoms with E-state index in [9.17, 15) is 5.11 Å². The number of halogens is 1. The lowest BCUT2D eigenvalue weighted by Gasteiger charge is -2.22. The van der Waals surface area contributed by atoms with Gasteiger partial charge < -0.3 is 15.7 Å². The molecule has 1 saturated heterocycles. The van der Waals surface area contributed by atoms with Crippen LogP contribution in [-0.2, 0) is 0 Å². The molecule has 2 fully saturated rings. The van der Waals surface area contributed by atoms with Crippen molar-refractivity contribution in [3.8, 4) is 0 Å². The second-order valence-corrected chi connectivity index (χ2v) is 5.55. The predicted octanol–water partition coefficient (Wildman–Crippen LogP) is 2.13. The number of hydrogen-bond donors (Lipinski definition) is 2. The van der Waals surface area contributed by atoms with E-state index in [1.165, 1.54) is 0 Å². The van der Waals surface area contributed by atoms with Crippen molar-refractivity contribution >= 4 is 23.0 Å². The van der Waals surface area contributed by atoms with E-state index in [0.29, 0.717) is 22.5 Å². The van der Waals surface area contributed by atoms with Crippen molar-refractivity contribution in [3.63, 3.8) is 0 Å². The van der Waals surface area contributed by atoms with Crippen LogP contribution in [0.3, 0.4) is 0 Å². The maximum atomic E-state index is 9.90. The first-order valence-corrected chi connectivity index (χ1v) is 6.51. The largest absolute Gasteiger partial charge is 0.396 e. The number of nitrogen functional groups attached to an aromatic ring is 1. The van der Waals surface area contributed by atoms with Gasteiger partial charge in [-0.1, -0.05) is 17.7 Å². The number of fused-ring (bicyclic) bond motifs is 1. The van der Waals surface area contributed by atoms with E-state index in [0.717, 1.165) is 31.6 Å². The Hall–Kier alpha value is -0.930. The number of aliphatic hydroxyl groups excluding tert-OH is 1. The Bertz CT molecular complexity index is 437. The Balaban J connectivity index is 1.85. The van der Waals surface area contributed by atoms with E-state index in [4.69, 9.17) is 17.3 Å². The molecular weight excluding hydrogens is 236 g/mol. The summed E-state index contributed by atoms with van der Waals surface area (Å²) in [6.07, 6.45) is 1.95. The topological polar surface area (TPSA) is 49.5 Å². The molecule has 4 heteroatoms. The number of anilines is 2. The number of benzene rings is 1. The van der Waals surface area contributed by atoms with Crippen molar-refractivity contribution in [1.29, 1.82) is 0 Å². The highest BCUT2D eigenvalue weighted by molar-refractivity contribution is 6.33. The van der Waals surface area contributed by atoms with Gasteiger partial charge in [-0.25, -0.2) is 0 Å². The number of nitrogens with two attached hydrogens (primary N) is 1. The summed E-state index contributed by atoms with van der Waals surface area (Å²) in [5.74, 6) is 1.02. The van der Waals surface area contributed by atoms with Gasteiger partial charge in [0.05, 0.1) is 22.5 Å². The van der Waals surface area contributed by atoms with Crippen LogP contribution in [-0.4, -0.2) is 24.3 Å². The zero-order valence-corrected chi connectivity index (χ0v) is 10.4. The average Bonchev–Trinajstić information content (AvgIpc) is 2.85. The summed E-state index contributed by atoms with van der Waals surface area (Å²) in [5.41, 5.74) is 7.68. The van der Waals surface area contributed by atoms with Crippen LogP contribution in [0.15, 0.2) is 18.2 Å². The molecular formula is C13H17ClN2O. The summed E-state index contributed by atoms with van der Waals surface area (Å²) in [5, 5.41) is 10.5. The fourth-order valence-corrected chi connectivity index (χ4v) is 3.40. The van der Waals surface area contributed by atoms with Crippen LogP contribution in [0.1, 0.15) is 12.8 Å². The summed E-state index contributed by atoms with van der Waals surface area (Å²) >= 11 is 6.04. The SMILES string of the molecule is Nc1c(Cl)cccc1N1CC2CCC(O)C2C1. The van der Waals surface area contributed by atoms with Crippen LogP contribution in [0.5, 0.6) is 0 Å². The zero-order chi connectivity index (χ0) is 12.0. The van der Waals surface area contributed by atoms with Crippen LogP contribution in [0, 0.1) is 11.8 Å². The van der Waals surface area contributed by atoms with Crippen LogP contribution in [0.2, 0.25) is 5.02 Å². The monoisotopic (exact) mass is 252 g/mol. The second kappa shape index (κ2) is 4.07. The molecule has 0 amide bonds. The lowest BCUT2D eigenvalue weighted by Crippen LogP contribution is -2.25. The molecule has 2 aliphatic rings. The molecule has 92 valence electrons. The van der Waals surface area contributed by atoms with E-state index in [1.54, 1.807) is 0 Å². The fraction of sp³-hybridized carbons (Fsp3) is 0.538. The number of nitrogens with zero attached hydrogens (tertiary/aromatic N) is 1. The van der Waals surface area contributed by atoms with E-state index in [2.05, 4.69) is 4.90 Å². The maximum Gasteiger partial charge on any atom is 0.0741 e. The highest BCUT2D eigenvalue weighted by Crippen LogP contribution is 2.42. The summed E-state index contributed by atoms with van der Waals surface area (Å²) in [6.45, 7) is 1.89. The Morgan fingerprint density at radius 2 is 2.12 bits per heavy atom. The fourth-order valence-electron chi connectivity index (χ4n) is 3.23. The van der Waals surface area contributed by atoms with Gasteiger partial charge >= 0.3 is 0 Å². The second-order valence-electron chi connectivity index (χ2n) is 5.15. The highest BCUT2D eigenvalue weighted by Gasteiger charge is 2.42. The maximum absolute atomic E-state index is 9.90. The molecule has 17 heavy (non-hydrogen) atoms. The molecule has 3 atom stereocenters. The predicted molar refractivity (Wildman–Crippen MR) is 70.3 cm³/mol. The minimum Gasteiger partial charge on any atom is -0.396 e. The Labute approximate surface area is 106 Å². The molecule has 3 nitrogen and oxygen atoms in total. The molecule has 1 aliphatic heterocycles. The van der Waals surface area contributed by atoms with Crippen molar-refractivity contribution in [1.82, 2.24) is 0 Å². The summed E-state index contributed by atoms with van der Waals surface area (Å²) in [4.78, 5) is 2.26. The van der Waals surface area contributed by atoms with Gasteiger partial charge in [0.2, 0.25) is 0 Å². The van der Waals surface area contributed by atoms with Crippen molar-refractivity contribution in [2.24, 2.45) is 11.8 Å². The molecule has 0 spiro atoms. The van der Waals surface area contributed by atoms with Crippen LogP contribution in [0.4, 0.5) is 11.4 Å². The normalized spacial score (nSPS) is 31.9. The first-order chi connectivity index (χ1) is 8.16. The van der Waals surface area contributed by atoms with Gasteiger partial charge in [-0.05, 0) is 30.9 Å². The van der Waals surface area contributed by atoms with Gasteiger partial charge in [0.25, 0.3) is 0 Å². The van der Waals surface area contributed by atoms with E-state index < -0.39 is 0 Å². The number of hydrogen-bond acceptors (Lipinski definition) is 3. The van der Waals surface area contributed by atoms with Gasteiger partial charge in [0, 0.05) is 19.0 Å². The molecule has 1 heterocycles. The Morgan fingerprint density at radius 1 is 1.29 bits per heavy atom. The van der Waals surface area contributed by atoms with Gasteiger partial charge in [0.1, 0.15) is 0 Å². The molecule has 0 aromatic heterocycles. The van der Waals surface area contributed by atoms with Crippen molar-refractivity contribution in [2.75, 3.05) is 23.7 Å². The Morgan fingerprint density at radius 3 is 2.88 bits per heavy atom. The summed E-state index contributed by atoms with van der Waals surface area (Å²) in [6, 6.07) is 5.75. The minimum atomic E-state index is -0.134. The number of aliphatic hydroxyl groups is 1. The third-order valence-electron chi connectivity index (χ3n) is 4.19. The number of rotatable bonds is 1. The van der Waals surface area contributed by atoms with E-state index in [1.807, 2.05) is 18.2 Å². The first-order valence-electron chi connectivity index (χ1n) is 6.14. The third-order valence-corrected chi connectivity index (χ3v) is 4.52. The van der Waals surface area contributed by atoms with Gasteiger partial charge in [-0.2, -0.15) is 0 Å². The highest BCUT2D eigenvalue weighted by atomic mass is 35.5. The van der Waals surface area contributed by atoms with Crippen molar-refractivity contribution < 1.29 is 5.11 Å². The lowest BCUT2D eigenvalue weighted by atomic mass is 10.00. The van der Waals surface area contributed by atoms with Gasteiger partial charge in [-0.3, -0.25) is 0 Å². The van der Waals surface area contributed by atoms with Crippen molar-refractivity contribution in [3.05, 3.63) is 23.2 Å². The molecule has 1 saturated carbocycles.